The minimum atomic E-state index is -3.51. The first-order chi connectivity index (χ1) is 11.4. The van der Waals surface area contributed by atoms with Crippen LogP contribution in [-0.2, 0) is 30.1 Å². The van der Waals surface area contributed by atoms with E-state index in [0.717, 1.165) is 0 Å². The molecule has 0 atom stereocenters. The summed E-state index contributed by atoms with van der Waals surface area (Å²) < 4.78 is 31.3. The van der Waals surface area contributed by atoms with Crippen molar-refractivity contribution in [3.63, 3.8) is 0 Å². The van der Waals surface area contributed by atoms with Crippen molar-refractivity contribution in [2.24, 2.45) is 0 Å². The molecule has 7 nitrogen and oxygen atoms in total. The van der Waals surface area contributed by atoms with Crippen molar-refractivity contribution in [3.05, 3.63) is 35.9 Å². The first-order valence-electron chi connectivity index (χ1n) is 7.87. The standard InChI is InChI=1S/C16H22N2O5S/c1-2-23-16(20)12-17-10-11-18(9-8-15(17)19)24(21,22)13-14-6-4-3-5-7-14/h3-7H,2,8-13H2,1H3. The van der Waals surface area contributed by atoms with Crippen LogP contribution in [0.4, 0.5) is 0 Å². The van der Waals surface area contributed by atoms with Crippen molar-refractivity contribution >= 4 is 21.9 Å². The van der Waals surface area contributed by atoms with Crippen LogP contribution in [0, 0.1) is 0 Å². The highest BCUT2D eigenvalue weighted by Crippen LogP contribution is 2.14. The third-order valence-corrected chi connectivity index (χ3v) is 5.61. The molecule has 1 aromatic carbocycles. The molecule has 0 spiro atoms. The van der Waals surface area contributed by atoms with E-state index >= 15 is 0 Å². The second-order valence-electron chi connectivity index (χ2n) is 5.51. The molecule has 0 aromatic heterocycles. The third kappa shape index (κ3) is 5.04. The number of rotatable bonds is 6. The van der Waals surface area contributed by atoms with Crippen LogP contribution in [0.5, 0.6) is 0 Å². The van der Waals surface area contributed by atoms with Gasteiger partial charge < -0.3 is 9.64 Å². The van der Waals surface area contributed by atoms with Crippen molar-refractivity contribution < 1.29 is 22.7 Å². The molecule has 0 unspecified atom stereocenters. The molecule has 132 valence electrons. The van der Waals surface area contributed by atoms with Gasteiger partial charge in [-0.2, -0.15) is 4.31 Å². The summed E-state index contributed by atoms with van der Waals surface area (Å²) in [6.07, 6.45) is 0.0629. The Hall–Kier alpha value is -1.93. The van der Waals surface area contributed by atoms with Crippen LogP contribution in [0.1, 0.15) is 18.9 Å². The maximum atomic E-state index is 12.6. The number of esters is 1. The van der Waals surface area contributed by atoms with Crippen LogP contribution < -0.4 is 0 Å². The SMILES string of the molecule is CCOC(=O)CN1CCN(S(=O)(=O)Cc2ccccc2)CCC1=O. The van der Waals surface area contributed by atoms with Crippen LogP contribution >= 0.6 is 0 Å². The molecule has 1 fully saturated rings. The van der Waals surface area contributed by atoms with Gasteiger partial charge >= 0.3 is 5.97 Å². The number of benzene rings is 1. The van der Waals surface area contributed by atoms with Gasteiger partial charge in [-0.05, 0) is 12.5 Å². The van der Waals surface area contributed by atoms with Crippen molar-refractivity contribution in [1.82, 2.24) is 9.21 Å². The first-order valence-corrected chi connectivity index (χ1v) is 9.48. The molecular formula is C16H22N2O5S. The monoisotopic (exact) mass is 354 g/mol. The zero-order valence-electron chi connectivity index (χ0n) is 13.7. The van der Waals surface area contributed by atoms with Gasteiger partial charge in [-0.1, -0.05) is 30.3 Å². The molecule has 0 bridgehead atoms. The minimum Gasteiger partial charge on any atom is -0.465 e. The molecule has 24 heavy (non-hydrogen) atoms. The number of nitrogens with zero attached hydrogens (tertiary/aromatic N) is 2. The van der Waals surface area contributed by atoms with Gasteiger partial charge in [0.25, 0.3) is 0 Å². The average Bonchev–Trinajstić information content (AvgIpc) is 2.71. The van der Waals surface area contributed by atoms with Crippen LogP contribution in [0.15, 0.2) is 30.3 Å². The molecule has 1 aromatic rings. The highest BCUT2D eigenvalue weighted by Gasteiger charge is 2.29. The van der Waals surface area contributed by atoms with E-state index < -0.39 is 16.0 Å². The molecule has 2 rings (SSSR count). The fourth-order valence-corrected chi connectivity index (χ4v) is 4.06. The van der Waals surface area contributed by atoms with E-state index in [4.69, 9.17) is 4.74 Å². The summed E-state index contributed by atoms with van der Waals surface area (Å²) in [7, 11) is -3.51. The number of ether oxygens (including phenoxy) is 1. The van der Waals surface area contributed by atoms with Gasteiger partial charge in [-0.15, -0.1) is 0 Å². The Balaban J connectivity index is 2.01. The summed E-state index contributed by atoms with van der Waals surface area (Å²) in [5, 5.41) is 0. The molecule has 0 radical (unpaired) electrons. The van der Waals surface area contributed by atoms with Crippen LogP contribution in [0.25, 0.3) is 0 Å². The van der Waals surface area contributed by atoms with Crippen molar-refractivity contribution in [3.8, 4) is 0 Å². The zero-order valence-corrected chi connectivity index (χ0v) is 14.5. The molecule has 0 N–H and O–H groups in total. The summed E-state index contributed by atoms with van der Waals surface area (Å²) in [6.45, 7) is 2.30. The third-order valence-electron chi connectivity index (χ3n) is 3.76. The van der Waals surface area contributed by atoms with Gasteiger partial charge in [0.1, 0.15) is 6.54 Å². The largest absolute Gasteiger partial charge is 0.465 e. The van der Waals surface area contributed by atoms with E-state index in [0.29, 0.717) is 5.56 Å². The van der Waals surface area contributed by atoms with Gasteiger partial charge in [0.2, 0.25) is 15.9 Å². The maximum Gasteiger partial charge on any atom is 0.325 e. The lowest BCUT2D eigenvalue weighted by Crippen LogP contribution is -2.39. The lowest BCUT2D eigenvalue weighted by atomic mass is 10.2. The van der Waals surface area contributed by atoms with E-state index in [-0.39, 0.29) is 50.9 Å². The smallest absolute Gasteiger partial charge is 0.325 e. The van der Waals surface area contributed by atoms with Crippen LogP contribution in [0.3, 0.4) is 0 Å². The Morgan fingerprint density at radius 3 is 2.54 bits per heavy atom. The summed E-state index contributed by atoms with van der Waals surface area (Å²) in [6, 6.07) is 8.92. The molecule has 8 heteroatoms. The molecule has 0 saturated carbocycles. The summed E-state index contributed by atoms with van der Waals surface area (Å²) >= 11 is 0. The number of carbonyl (C=O) groups is 2. The Morgan fingerprint density at radius 1 is 1.17 bits per heavy atom. The van der Waals surface area contributed by atoms with Crippen molar-refractivity contribution in [2.75, 3.05) is 32.8 Å². The Kier molecular flexibility index (Phi) is 6.33. The summed E-state index contributed by atoms with van der Waals surface area (Å²) in [5.41, 5.74) is 0.705. The minimum absolute atomic E-state index is 0.0629. The van der Waals surface area contributed by atoms with Gasteiger partial charge in [0, 0.05) is 26.1 Å². The summed E-state index contributed by atoms with van der Waals surface area (Å²) in [4.78, 5) is 25.0. The fourth-order valence-electron chi connectivity index (χ4n) is 2.53. The van der Waals surface area contributed by atoms with E-state index in [9.17, 15) is 18.0 Å². The van der Waals surface area contributed by atoms with Gasteiger partial charge in [0.15, 0.2) is 0 Å². The molecule has 1 amide bonds. The molecule has 1 aliphatic rings. The Morgan fingerprint density at radius 2 is 1.88 bits per heavy atom. The molecule has 1 saturated heterocycles. The number of amides is 1. The fraction of sp³-hybridized carbons (Fsp3) is 0.500. The van der Waals surface area contributed by atoms with Gasteiger partial charge in [-0.25, -0.2) is 8.42 Å². The summed E-state index contributed by atoms with van der Waals surface area (Å²) in [5.74, 6) is -0.813. The topological polar surface area (TPSA) is 84.0 Å². The van der Waals surface area contributed by atoms with Gasteiger partial charge in [0.05, 0.1) is 12.4 Å². The quantitative estimate of drug-likeness (QED) is 0.699. The van der Waals surface area contributed by atoms with Crippen molar-refractivity contribution in [1.29, 1.82) is 0 Å². The van der Waals surface area contributed by atoms with Crippen molar-refractivity contribution in [2.45, 2.75) is 19.1 Å². The maximum absolute atomic E-state index is 12.6. The van der Waals surface area contributed by atoms with E-state index in [1.54, 1.807) is 31.2 Å². The number of hydrogen-bond acceptors (Lipinski definition) is 5. The second kappa shape index (κ2) is 8.25. The normalized spacial score (nSPS) is 16.7. The number of sulfonamides is 1. The predicted octanol–water partition coefficient (Wildman–Crippen LogP) is 0.614. The molecule has 1 heterocycles. The predicted molar refractivity (Wildman–Crippen MR) is 88.5 cm³/mol. The molecule has 1 aliphatic heterocycles. The molecular weight excluding hydrogens is 332 g/mol. The lowest BCUT2D eigenvalue weighted by Gasteiger charge is -2.21. The first kappa shape index (κ1) is 18.4. The highest BCUT2D eigenvalue weighted by molar-refractivity contribution is 7.88. The van der Waals surface area contributed by atoms with E-state index in [1.165, 1.54) is 9.21 Å². The molecule has 0 aliphatic carbocycles. The Bertz CT molecular complexity index is 675. The van der Waals surface area contributed by atoms with E-state index in [2.05, 4.69) is 0 Å². The average molecular weight is 354 g/mol. The van der Waals surface area contributed by atoms with Crippen LogP contribution in [0.2, 0.25) is 0 Å². The lowest BCUT2D eigenvalue weighted by molar-refractivity contribution is -0.148. The number of hydrogen-bond donors (Lipinski definition) is 0. The van der Waals surface area contributed by atoms with Crippen LogP contribution in [-0.4, -0.2) is 62.3 Å². The second-order valence-corrected chi connectivity index (χ2v) is 7.48. The van der Waals surface area contributed by atoms with Gasteiger partial charge in [-0.3, -0.25) is 9.59 Å². The van der Waals surface area contributed by atoms with E-state index in [1.807, 2.05) is 6.07 Å². The highest BCUT2D eigenvalue weighted by atomic mass is 32.2. The zero-order chi connectivity index (χ0) is 17.6. The Labute approximate surface area is 142 Å². The number of carbonyl (C=O) groups excluding carboxylic acids is 2.